The van der Waals surface area contributed by atoms with Gasteiger partial charge in [0.1, 0.15) is 0 Å². The summed E-state index contributed by atoms with van der Waals surface area (Å²) in [5.74, 6) is -1.06. The molecule has 134 valence electrons. The van der Waals surface area contributed by atoms with Gasteiger partial charge in [-0.1, -0.05) is 30.7 Å². The van der Waals surface area contributed by atoms with E-state index in [4.69, 9.17) is 16.3 Å². The van der Waals surface area contributed by atoms with Crippen LogP contribution in [0.25, 0.3) is 6.08 Å². The molecule has 26 heavy (non-hydrogen) atoms. The van der Waals surface area contributed by atoms with Crippen LogP contribution in [0.4, 0.5) is 5.69 Å². The molecular formula is C20H18ClNO4. The first-order valence-electron chi connectivity index (χ1n) is 8.01. The number of anilines is 1. The Bertz CT molecular complexity index is 828. The lowest BCUT2D eigenvalue weighted by atomic mass is 10.1. The fourth-order valence-electron chi connectivity index (χ4n) is 2.03. The molecule has 0 bridgehead atoms. The van der Waals surface area contributed by atoms with Gasteiger partial charge < -0.3 is 10.1 Å². The van der Waals surface area contributed by atoms with Crippen molar-refractivity contribution in [1.82, 2.24) is 0 Å². The average molecular weight is 372 g/mol. The van der Waals surface area contributed by atoms with E-state index in [1.165, 1.54) is 6.08 Å². The molecule has 0 saturated heterocycles. The molecule has 1 N–H and O–H groups in total. The van der Waals surface area contributed by atoms with Gasteiger partial charge in [-0.25, -0.2) is 4.79 Å². The Kier molecular flexibility index (Phi) is 7.12. The van der Waals surface area contributed by atoms with Crippen molar-refractivity contribution in [3.63, 3.8) is 0 Å². The zero-order valence-electron chi connectivity index (χ0n) is 14.2. The van der Waals surface area contributed by atoms with Crippen molar-refractivity contribution in [3.8, 4) is 0 Å². The number of nitrogens with one attached hydrogen (secondary N) is 1. The molecule has 2 aromatic rings. The van der Waals surface area contributed by atoms with E-state index in [0.717, 1.165) is 5.56 Å². The molecule has 1 amide bonds. The predicted molar refractivity (Wildman–Crippen MR) is 101 cm³/mol. The van der Waals surface area contributed by atoms with Gasteiger partial charge in [0.25, 0.3) is 0 Å². The van der Waals surface area contributed by atoms with Crippen molar-refractivity contribution in [2.45, 2.75) is 13.3 Å². The summed E-state index contributed by atoms with van der Waals surface area (Å²) < 4.78 is 4.94. The molecule has 0 unspecified atom stereocenters. The summed E-state index contributed by atoms with van der Waals surface area (Å²) in [6.07, 6.45) is 3.17. The molecule has 0 aliphatic rings. The number of benzene rings is 2. The highest BCUT2D eigenvalue weighted by molar-refractivity contribution is 6.30. The average Bonchev–Trinajstić information content (AvgIpc) is 2.65. The van der Waals surface area contributed by atoms with Crippen LogP contribution in [0.3, 0.4) is 0 Å². The second-order valence-electron chi connectivity index (χ2n) is 5.40. The standard InChI is InChI=1S/C20H18ClNO4/c1-2-19(24)22-17-9-7-15(8-10-17)18(23)13-26-20(25)11-6-14-4-3-5-16(21)12-14/h3-12H,2,13H2,1H3,(H,22,24)/b11-6+. The second-order valence-corrected chi connectivity index (χ2v) is 5.83. The number of carbonyl (C=O) groups excluding carboxylic acids is 3. The van der Waals surface area contributed by atoms with E-state index in [9.17, 15) is 14.4 Å². The third-order valence-corrected chi connectivity index (χ3v) is 3.65. The predicted octanol–water partition coefficient (Wildman–Crippen LogP) is 4.13. The maximum Gasteiger partial charge on any atom is 0.331 e. The Labute approximate surface area is 156 Å². The Morgan fingerprint density at radius 1 is 1.12 bits per heavy atom. The third kappa shape index (κ3) is 6.18. The first kappa shape index (κ1) is 19.4. The van der Waals surface area contributed by atoms with Gasteiger partial charge in [0.05, 0.1) is 0 Å². The molecule has 0 heterocycles. The van der Waals surface area contributed by atoms with Crippen LogP contribution >= 0.6 is 11.6 Å². The molecule has 2 aromatic carbocycles. The number of carbonyl (C=O) groups is 3. The number of Topliss-reactive ketones (excluding diaryl/α,β-unsaturated/α-hetero) is 1. The Hall–Kier alpha value is -2.92. The van der Waals surface area contributed by atoms with Crippen molar-refractivity contribution >= 4 is 41.0 Å². The molecular weight excluding hydrogens is 354 g/mol. The minimum absolute atomic E-state index is 0.107. The van der Waals surface area contributed by atoms with Crippen molar-refractivity contribution in [1.29, 1.82) is 0 Å². The normalized spacial score (nSPS) is 10.5. The Morgan fingerprint density at radius 3 is 2.50 bits per heavy atom. The van der Waals surface area contributed by atoms with Gasteiger partial charge in [-0.15, -0.1) is 0 Å². The van der Waals surface area contributed by atoms with E-state index >= 15 is 0 Å². The second kappa shape index (κ2) is 9.53. The number of rotatable bonds is 7. The molecule has 0 spiro atoms. The maximum absolute atomic E-state index is 12.1. The molecule has 2 rings (SSSR count). The highest BCUT2D eigenvalue weighted by Gasteiger charge is 2.09. The lowest BCUT2D eigenvalue weighted by Crippen LogP contribution is -2.13. The molecule has 5 nitrogen and oxygen atoms in total. The molecule has 0 aliphatic heterocycles. The van der Waals surface area contributed by atoms with E-state index in [1.54, 1.807) is 61.5 Å². The van der Waals surface area contributed by atoms with Crippen LogP contribution in [0.15, 0.2) is 54.6 Å². The van der Waals surface area contributed by atoms with Crippen molar-refractivity contribution in [2.75, 3.05) is 11.9 Å². The van der Waals surface area contributed by atoms with E-state index < -0.39 is 5.97 Å². The van der Waals surface area contributed by atoms with Gasteiger partial charge in [-0.05, 0) is 48.0 Å². The number of amides is 1. The fourth-order valence-corrected chi connectivity index (χ4v) is 2.23. The van der Waals surface area contributed by atoms with Crippen molar-refractivity contribution in [2.24, 2.45) is 0 Å². The summed E-state index contributed by atoms with van der Waals surface area (Å²) in [6, 6.07) is 13.4. The van der Waals surface area contributed by atoms with Crippen LogP contribution in [0.1, 0.15) is 29.3 Å². The van der Waals surface area contributed by atoms with E-state index in [1.807, 2.05) is 0 Å². The number of hydrogen-bond acceptors (Lipinski definition) is 4. The smallest absolute Gasteiger partial charge is 0.331 e. The highest BCUT2D eigenvalue weighted by atomic mass is 35.5. The molecule has 0 fully saturated rings. The highest BCUT2D eigenvalue weighted by Crippen LogP contribution is 2.12. The van der Waals surface area contributed by atoms with Crippen LogP contribution in [0, 0.1) is 0 Å². The van der Waals surface area contributed by atoms with E-state index in [-0.39, 0.29) is 18.3 Å². The van der Waals surface area contributed by atoms with Crippen molar-refractivity contribution in [3.05, 3.63) is 70.8 Å². The summed E-state index contributed by atoms with van der Waals surface area (Å²) in [4.78, 5) is 35.1. The third-order valence-electron chi connectivity index (χ3n) is 3.42. The number of hydrogen-bond donors (Lipinski definition) is 1. The zero-order chi connectivity index (χ0) is 18.9. The molecule has 0 saturated carbocycles. The van der Waals surface area contributed by atoms with Crippen LogP contribution < -0.4 is 5.32 Å². The minimum atomic E-state index is -0.620. The summed E-state index contributed by atoms with van der Waals surface area (Å²) >= 11 is 5.86. The quantitative estimate of drug-likeness (QED) is 0.451. The first-order valence-corrected chi connectivity index (χ1v) is 8.39. The van der Waals surface area contributed by atoms with Crippen LogP contribution in [-0.2, 0) is 14.3 Å². The summed E-state index contributed by atoms with van der Waals surface area (Å²) in [7, 11) is 0. The van der Waals surface area contributed by atoms with Gasteiger partial charge in [0.15, 0.2) is 12.4 Å². The lowest BCUT2D eigenvalue weighted by molar-refractivity contribution is -0.136. The van der Waals surface area contributed by atoms with Gasteiger partial charge in [-0.2, -0.15) is 0 Å². The van der Waals surface area contributed by atoms with Gasteiger partial charge in [0, 0.05) is 28.8 Å². The lowest BCUT2D eigenvalue weighted by Gasteiger charge is -2.05. The van der Waals surface area contributed by atoms with Crippen LogP contribution in [-0.4, -0.2) is 24.3 Å². The summed E-state index contributed by atoms with van der Waals surface area (Å²) in [5, 5.41) is 3.25. The maximum atomic E-state index is 12.1. The molecule has 0 aromatic heterocycles. The number of ketones is 1. The fraction of sp³-hybridized carbons (Fsp3) is 0.150. The van der Waals surface area contributed by atoms with Gasteiger partial charge in [0.2, 0.25) is 5.91 Å². The molecule has 0 atom stereocenters. The summed E-state index contributed by atoms with van der Waals surface area (Å²) in [6.45, 7) is 1.39. The van der Waals surface area contributed by atoms with E-state index in [0.29, 0.717) is 22.7 Å². The zero-order valence-corrected chi connectivity index (χ0v) is 15.0. The first-order chi connectivity index (χ1) is 12.5. The van der Waals surface area contributed by atoms with Gasteiger partial charge in [-0.3, -0.25) is 9.59 Å². The van der Waals surface area contributed by atoms with Crippen molar-refractivity contribution < 1.29 is 19.1 Å². The number of halogens is 1. The van der Waals surface area contributed by atoms with Crippen LogP contribution in [0.2, 0.25) is 5.02 Å². The topological polar surface area (TPSA) is 72.5 Å². The molecule has 0 aliphatic carbocycles. The Balaban J connectivity index is 1.85. The molecule has 6 heteroatoms. The molecule has 0 radical (unpaired) electrons. The number of esters is 1. The summed E-state index contributed by atoms with van der Waals surface area (Å²) in [5.41, 5.74) is 1.76. The van der Waals surface area contributed by atoms with Gasteiger partial charge >= 0.3 is 5.97 Å². The Morgan fingerprint density at radius 2 is 1.85 bits per heavy atom. The minimum Gasteiger partial charge on any atom is -0.454 e. The van der Waals surface area contributed by atoms with E-state index in [2.05, 4.69) is 5.32 Å². The number of ether oxygens (including phenoxy) is 1. The van der Waals surface area contributed by atoms with Crippen LogP contribution in [0.5, 0.6) is 0 Å². The monoisotopic (exact) mass is 371 g/mol. The SMILES string of the molecule is CCC(=O)Nc1ccc(C(=O)COC(=O)/C=C/c2cccc(Cl)c2)cc1. The largest absolute Gasteiger partial charge is 0.454 e.